The standard InChI is InChI=1S/C21H25N3O2/c1-14-11-24(12-15(2)26-14)13-19-18-5-4-10-22-21(18)23-20(19)16-6-8-17(25-3)9-7-16/h4-10,14-15H,11-13H2,1-3H3,(H,22,23)/t14-,15-/m0/s1. The zero-order valence-electron chi connectivity index (χ0n) is 15.5. The van der Waals surface area contributed by atoms with Crippen molar-refractivity contribution in [3.05, 3.63) is 48.2 Å². The van der Waals surface area contributed by atoms with Gasteiger partial charge in [0.25, 0.3) is 0 Å². The maximum Gasteiger partial charge on any atom is 0.138 e. The largest absolute Gasteiger partial charge is 0.497 e. The number of hydrogen-bond acceptors (Lipinski definition) is 4. The van der Waals surface area contributed by atoms with Crippen molar-refractivity contribution in [2.45, 2.75) is 32.6 Å². The van der Waals surface area contributed by atoms with E-state index in [1.807, 2.05) is 24.4 Å². The van der Waals surface area contributed by atoms with Crippen molar-refractivity contribution in [3.63, 3.8) is 0 Å². The third-order valence-corrected chi connectivity index (χ3v) is 4.93. The third kappa shape index (κ3) is 3.32. The van der Waals surface area contributed by atoms with Gasteiger partial charge in [-0.05, 0) is 55.8 Å². The number of aromatic amines is 1. The van der Waals surface area contributed by atoms with Crippen LogP contribution >= 0.6 is 0 Å². The summed E-state index contributed by atoms with van der Waals surface area (Å²) < 4.78 is 11.2. The average molecular weight is 351 g/mol. The zero-order valence-corrected chi connectivity index (χ0v) is 15.5. The lowest BCUT2D eigenvalue weighted by Gasteiger charge is -2.35. The number of pyridine rings is 1. The summed E-state index contributed by atoms with van der Waals surface area (Å²) in [5, 5.41) is 1.19. The Labute approximate surface area is 153 Å². The molecule has 3 heterocycles. The van der Waals surface area contributed by atoms with Crippen molar-refractivity contribution >= 4 is 11.0 Å². The summed E-state index contributed by atoms with van der Waals surface area (Å²) in [5.41, 5.74) is 4.50. The van der Waals surface area contributed by atoms with Crippen molar-refractivity contribution in [2.24, 2.45) is 0 Å². The molecule has 4 rings (SSSR count). The second kappa shape index (κ2) is 7.09. The lowest BCUT2D eigenvalue weighted by Crippen LogP contribution is -2.44. The molecule has 1 saturated heterocycles. The number of nitrogens with zero attached hydrogens (tertiary/aromatic N) is 2. The van der Waals surface area contributed by atoms with Crippen molar-refractivity contribution in [1.82, 2.24) is 14.9 Å². The number of morpholine rings is 1. The van der Waals surface area contributed by atoms with Crippen LogP contribution in [0.4, 0.5) is 0 Å². The maximum atomic E-state index is 5.89. The molecule has 1 aromatic carbocycles. The van der Waals surface area contributed by atoms with E-state index in [4.69, 9.17) is 9.47 Å². The quantitative estimate of drug-likeness (QED) is 0.776. The van der Waals surface area contributed by atoms with Gasteiger partial charge in [0.15, 0.2) is 0 Å². The van der Waals surface area contributed by atoms with E-state index in [2.05, 4.69) is 46.9 Å². The minimum Gasteiger partial charge on any atom is -0.497 e. The first kappa shape index (κ1) is 17.1. The van der Waals surface area contributed by atoms with Gasteiger partial charge in [0, 0.05) is 36.8 Å². The fraction of sp³-hybridized carbons (Fsp3) is 0.381. The fourth-order valence-electron chi connectivity index (χ4n) is 3.88. The van der Waals surface area contributed by atoms with Gasteiger partial charge in [0.1, 0.15) is 11.4 Å². The van der Waals surface area contributed by atoms with Crippen LogP contribution in [0.15, 0.2) is 42.6 Å². The van der Waals surface area contributed by atoms with Crippen LogP contribution in [0.1, 0.15) is 19.4 Å². The summed E-state index contributed by atoms with van der Waals surface area (Å²) in [6.07, 6.45) is 2.34. The molecular formula is C21H25N3O2. The Bertz CT molecular complexity index is 878. The summed E-state index contributed by atoms with van der Waals surface area (Å²) in [6.45, 7) is 7.05. The Morgan fingerprint density at radius 1 is 1.15 bits per heavy atom. The molecule has 0 saturated carbocycles. The number of nitrogens with one attached hydrogen (secondary N) is 1. The first-order chi connectivity index (χ1) is 12.6. The first-order valence-electron chi connectivity index (χ1n) is 9.12. The Hall–Kier alpha value is -2.37. The Kier molecular flexibility index (Phi) is 4.66. The molecular weight excluding hydrogens is 326 g/mol. The average Bonchev–Trinajstić information content (AvgIpc) is 2.99. The van der Waals surface area contributed by atoms with Crippen LogP contribution < -0.4 is 4.74 Å². The van der Waals surface area contributed by atoms with Gasteiger partial charge in [-0.2, -0.15) is 0 Å². The van der Waals surface area contributed by atoms with Crippen LogP contribution in [0.3, 0.4) is 0 Å². The predicted molar refractivity (Wildman–Crippen MR) is 103 cm³/mol. The van der Waals surface area contributed by atoms with Crippen molar-refractivity contribution < 1.29 is 9.47 Å². The van der Waals surface area contributed by atoms with E-state index in [0.29, 0.717) is 0 Å². The lowest BCUT2D eigenvalue weighted by molar-refractivity contribution is -0.0703. The van der Waals surface area contributed by atoms with E-state index < -0.39 is 0 Å². The van der Waals surface area contributed by atoms with E-state index >= 15 is 0 Å². The highest BCUT2D eigenvalue weighted by Gasteiger charge is 2.24. The molecule has 0 unspecified atom stereocenters. The predicted octanol–water partition coefficient (Wildman–Crippen LogP) is 3.85. The highest BCUT2D eigenvalue weighted by molar-refractivity contribution is 5.88. The third-order valence-electron chi connectivity index (χ3n) is 4.93. The van der Waals surface area contributed by atoms with Crippen LogP contribution in [0.25, 0.3) is 22.3 Å². The molecule has 5 nitrogen and oxygen atoms in total. The molecule has 2 atom stereocenters. The highest BCUT2D eigenvalue weighted by Crippen LogP contribution is 2.32. The number of hydrogen-bond donors (Lipinski definition) is 1. The number of H-pyrrole nitrogens is 1. The van der Waals surface area contributed by atoms with E-state index in [1.54, 1.807) is 7.11 Å². The van der Waals surface area contributed by atoms with Crippen molar-refractivity contribution in [1.29, 1.82) is 0 Å². The second-order valence-corrected chi connectivity index (χ2v) is 7.06. The van der Waals surface area contributed by atoms with Gasteiger partial charge in [0.2, 0.25) is 0 Å². The summed E-state index contributed by atoms with van der Waals surface area (Å²) in [5.74, 6) is 0.861. The molecule has 0 spiro atoms. The fourth-order valence-corrected chi connectivity index (χ4v) is 3.88. The van der Waals surface area contributed by atoms with Gasteiger partial charge in [-0.25, -0.2) is 4.98 Å². The smallest absolute Gasteiger partial charge is 0.138 e. The molecule has 0 bridgehead atoms. The minimum atomic E-state index is 0.256. The molecule has 0 aliphatic carbocycles. The Morgan fingerprint density at radius 2 is 1.88 bits per heavy atom. The first-order valence-corrected chi connectivity index (χ1v) is 9.12. The number of ether oxygens (including phenoxy) is 2. The zero-order chi connectivity index (χ0) is 18.1. The number of methoxy groups -OCH3 is 1. The monoisotopic (exact) mass is 351 g/mol. The molecule has 3 aromatic rings. The van der Waals surface area contributed by atoms with Crippen molar-refractivity contribution in [3.8, 4) is 17.0 Å². The Balaban J connectivity index is 1.74. The topological polar surface area (TPSA) is 50.4 Å². The molecule has 1 fully saturated rings. The second-order valence-electron chi connectivity index (χ2n) is 7.06. The van der Waals surface area contributed by atoms with E-state index in [9.17, 15) is 0 Å². The molecule has 1 N–H and O–H groups in total. The molecule has 2 aromatic heterocycles. The van der Waals surface area contributed by atoms with Gasteiger partial charge in [0.05, 0.1) is 25.0 Å². The minimum absolute atomic E-state index is 0.256. The summed E-state index contributed by atoms with van der Waals surface area (Å²) in [7, 11) is 1.69. The van der Waals surface area contributed by atoms with Gasteiger partial charge in [-0.3, -0.25) is 4.90 Å². The van der Waals surface area contributed by atoms with E-state index in [-0.39, 0.29) is 12.2 Å². The van der Waals surface area contributed by atoms with Crippen molar-refractivity contribution in [2.75, 3.05) is 20.2 Å². The summed E-state index contributed by atoms with van der Waals surface area (Å²) >= 11 is 0. The van der Waals surface area contributed by atoms with E-state index in [1.165, 1.54) is 10.9 Å². The number of fused-ring (bicyclic) bond motifs is 1. The van der Waals surface area contributed by atoms with Gasteiger partial charge >= 0.3 is 0 Å². The molecule has 26 heavy (non-hydrogen) atoms. The number of benzene rings is 1. The van der Waals surface area contributed by atoms with Crippen LogP contribution in [0.5, 0.6) is 5.75 Å². The molecule has 1 aliphatic rings. The molecule has 1 aliphatic heterocycles. The highest BCUT2D eigenvalue weighted by atomic mass is 16.5. The summed E-state index contributed by atoms with van der Waals surface area (Å²) in [4.78, 5) is 10.5. The van der Waals surface area contributed by atoms with Crippen LogP contribution in [-0.2, 0) is 11.3 Å². The van der Waals surface area contributed by atoms with Crippen LogP contribution in [0, 0.1) is 0 Å². The molecule has 0 amide bonds. The normalized spacial score (nSPS) is 21.2. The number of aromatic nitrogens is 2. The molecule has 136 valence electrons. The Morgan fingerprint density at radius 3 is 2.58 bits per heavy atom. The van der Waals surface area contributed by atoms with Gasteiger partial charge in [-0.15, -0.1) is 0 Å². The summed E-state index contributed by atoms with van der Waals surface area (Å²) in [6, 6.07) is 12.3. The van der Waals surface area contributed by atoms with Crippen LogP contribution in [0.2, 0.25) is 0 Å². The maximum absolute atomic E-state index is 5.89. The van der Waals surface area contributed by atoms with Gasteiger partial charge in [-0.1, -0.05) is 0 Å². The lowest BCUT2D eigenvalue weighted by atomic mass is 10.0. The van der Waals surface area contributed by atoms with E-state index in [0.717, 1.165) is 42.3 Å². The molecule has 5 heteroatoms. The SMILES string of the molecule is COc1ccc(-c2[nH]c3ncccc3c2CN2C[C@H](C)O[C@@H](C)C2)cc1. The van der Waals surface area contributed by atoms with Crippen LogP contribution in [-0.4, -0.2) is 47.3 Å². The van der Waals surface area contributed by atoms with Gasteiger partial charge < -0.3 is 14.5 Å². The molecule has 0 radical (unpaired) electrons. The number of rotatable bonds is 4.